The Morgan fingerprint density at radius 2 is 1.79 bits per heavy atom. The predicted molar refractivity (Wildman–Crippen MR) is 116 cm³/mol. The van der Waals surface area contributed by atoms with Crippen LogP contribution in [0.25, 0.3) is 22.2 Å². The first-order valence-electron chi connectivity index (χ1n) is 8.86. The van der Waals surface area contributed by atoms with Gasteiger partial charge in [0.15, 0.2) is 0 Å². The van der Waals surface area contributed by atoms with E-state index in [1.54, 1.807) is 19.2 Å². The van der Waals surface area contributed by atoms with Crippen LogP contribution in [-0.2, 0) is 0 Å². The summed E-state index contributed by atoms with van der Waals surface area (Å²) < 4.78 is 20.0. The number of fused-ring (bicyclic) bond motifs is 1. The van der Waals surface area contributed by atoms with Crippen molar-refractivity contribution in [1.29, 1.82) is 0 Å². The molecule has 0 spiro atoms. The maximum absolute atomic E-state index is 14.2. The van der Waals surface area contributed by atoms with Crippen molar-refractivity contribution >= 4 is 38.4 Å². The van der Waals surface area contributed by atoms with E-state index in [1.807, 2.05) is 48.5 Å². The van der Waals surface area contributed by atoms with Gasteiger partial charge in [-0.05, 0) is 54.6 Å². The number of hydrogen-bond donors (Lipinski definition) is 1. The molecule has 4 rings (SSSR count). The number of nitrogens with one attached hydrogen (secondary N) is 1. The molecular weight excluding hydrogens is 435 g/mol. The minimum Gasteiger partial charge on any atom is -0.497 e. The summed E-state index contributed by atoms with van der Waals surface area (Å²) in [7, 11) is 1.60. The molecule has 0 aliphatic heterocycles. The lowest BCUT2D eigenvalue weighted by Gasteiger charge is -2.11. The van der Waals surface area contributed by atoms with Crippen LogP contribution in [0.1, 0.15) is 10.4 Å². The number of halogens is 2. The maximum Gasteiger partial charge on any atom is 0.256 e. The fraction of sp³-hybridized carbons (Fsp3) is 0.0435. The summed E-state index contributed by atoms with van der Waals surface area (Å²) in [6, 6.07) is 21.0. The van der Waals surface area contributed by atoms with E-state index < -0.39 is 11.7 Å². The van der Waals surface area contributed by atoms with Crippen LogP contribution in [0.3, 0.4) is 0 Å². The van der Waals surface area contributed by atoms with E-state index in [1.165, 1.54) is 12.1 Å². The number of methoxy groups -OCH3 is 1. The minimum absolute atomic E-state index is 0.116. The van der Waals surface area contributed by atoms with Gasteiger partial charge in [-0.3, -0.25) is 4.79 Å². The standard InChI is InChI=1S/C23H16BrFN2O2/c1-29-16-9-6-14(7-10-16)22-13-18(17-4-2-3-5-20(17)26-22)23(28)27-21-11-8-15(24)12-19(21)25/h2-13H,1H3,(H,27,28). The SMILES string of the molecule is COc1ccc(-c2cc(C(=O)Nc3ccc(Br)cc3F)c3ccccc3n2)cc1. The average molecular weight is 451 g/mol. The summed E-state index contributed by atoms with van der Waals surface area (Å²) in [6.45, 7) is 0. The summed E-state index contributed by atoms with van der Waals surface area (Å²) in [5.41, 5.74) is 2.71. The lowest BCUT2D eigenvalue weighted by atomic mass is 10.0. The highest BCUT2D eigenvalue weighted by Crippen LogP contribution is 2.27. The van der Waals surface area contributed by atoms with E-state index in [-0.39, 0.29) is 5.69 Å². The number of nitrogens with zero attached hydrogens (tertiary/aromatic N) is 1. The Labute approximate surface area is 175 Å². The molecule has 0 saturated carbocycles. The highest BCUT2D eigenvalue weighted by Gasteiger charge is 2.16. The van der Waals surface area contributed by atoms with Crippen LogP contribution < -0.4 is 10.1 Å². The average Bonchev–Trinajstić information content (AvgIpc) is 2.75. The van der Waals surface area contributed by atoms with Crippen molar-refractivity contribution in [2.45, 2.75) is 0 Å². The van der Waals surface area contributed by atoms with Gasteiger partial charge in [0.05, 0.1) is 29.6 Å². The fourth-order valence-electron chi connectivity index (χ4n) is 3.05. The molecule has 144 valence electrons. The van der Waals surface area contributed by atoms with Crippen LogP contribution in [0.5, 0.6) is 5.75 Å². The van der Waals surface area contributed by atoms with Crippen LogP contribution in [0.15, 0.2) is 77.3 Å². The zero-order chi connectivity index (χ0) is 20.4. The quantitative estimate of drug-likeness (QED) is 0.410. The summed E-state index contributed by atoms with van der Waals surface area (Å²) >= 11 is 3.22. The molecule has 4 aromatic rings. The summed E-state index contributed by atoms with van der Waals surface area (Å²) in [4.78, 5) is 17.7. The molecule has 29 heavy (non-hydrogen) atoms. The van der Waals surface area contributed by atoms with E-state index in [2.05, 4.69) is 26.2 Å². The number of hydrogen-bond acceptors (Lipinski definition) is 3. The second kappa shape index (κ2) is 8.01. The van der Waals surface area contributed by atoms with Gasteiger partial charge in [0.2, 0.25) is 0 Å². The predicted octanol–water partition coefficient (Wildman–Crippen LogP) is 6.06. The van der Waals surface area contributed by atoms with Gasteiger partial charge in [-0.25, -0.2) is 9.37 Å². The summed E-state index contributed by atoms with van der Waals surface area (Å²) in [6.07, 6.45) is 0. The largest absolute Gasteiger partial charge is 0.497 e. The number of pyridine rings is 1. The number of amides is 1. The van der Waals surface area contributed by atoms with Crippen molar-refractivity contribution in [3.63, 3.8) is 0 Å². The molecule has 0 saturated heterocycles. The number of anilines is 1. The van der Waals surface area contributed by atoms with Gasteiger partial charge in [0.1, 0.15) is 11.6 Å². The molecule has 0 bridgehead atoms. The number of rotatable bonds is 4. The first-order valence-corrected chi connectivity index (χ1v) is 9.65. The zero-order valence-corrected chi connectivity index (χ0v) is 17.0. The molecule has 1 N–H and O–H groups in total. The molecule has 1 heterocycles. The number of para-hydroxylation sites is 1. The van der Waals surface area contributed by atoms with Crippen LogP contribution in [0, 0.1) is 5.82 Å². The molecular formula is C23H16BrFN2O2. The van der Waals surface area contributed by atoms with Gasteiger partial charge in [-0.1, -0.05) is 34.1 Å². The maximum atomic E-state index is 14.2. The van der Waals surface area contributed by atoms with E-state index in [9.17, 15) is 9.18 Å². The minimum atomic E-state index is -0.513. The van der Waals surface area contributed by atoms with Gasteiger partial charge in [-0.15, -0.1) is 0 Å². The number of ether oxygens (including phenoxy) is 1. The Bertz CT molecular complexity index is 1210. The van der Waals surface area contributed by atoms with Crippen LogP contribution in [0.4, 0.5) is 10.1 Å². The van der Waals surface area contributed by atoms with Gasteiger partial charge in [0, 0.05) is 15.4 Å². The lowest BCUT2D eigenvalue weighted by Crippen LogP contribution is -2.14. The first kappa shape index (κ1) is 19.1. The third kappa shape index (κ3) is 3.98. The molecule has 1 amide bonds. The van der Waals surface area contributed by atoms with Crippen LogP contribution >= 0.6 is 15.9 Å². The van der Waals surface area contributed by atoms with Crippen LogP contribution in [0.2, 0.25) is 0 Å². The van der Waals surface area contributed by atoms with Crippen molar-refractivity contribution in [3.05, 3.63) is 88.6 Å². The van der Waals surface area contributed by atoms with Crippen molar-refractivity contribution in [2.75, 3.05) is 12.4 Å². The van der Waals surface area contributed by atoms with Crippen molar-refractivity contribution in [2.24, 2.45) is 0 Å². The third-order valence-corrected chi connectivity index (χ3v) is 5.02. The molecule has 0 fully saturated rings. The van der Waals surface area contributed by atoms with Crippen molar-refractivity contribution in [1.82, 2.24) is 4.98 Å². The molecule has 4 nitrogen and oxygen atoms in total. The van der Waals surface area contributed by atoms with Crippen LogP contribution in [-0.4, -0.2) is 18.0 Å². The normalized spacial score (nSPS) is 10.7. The van der Waals surface area contributed by atoms with Gasteiger partial charge >= 0.3 is 0 Å². The molecule has 0 radical (unpaired) electrons. The molecule has 0 unspecified atom stereocenters. The molecule has 0 aliphatic carbocycles. The highest BCUT2D eigenvalue weighted by molar-refractivity contribution is 9.10. The van der Waals surface area contributed by atoms with Gasteiger partial charge in [-0.2, -0.15) is 0 Å². The second-order valence-corrected chi connectivity index (χ2v) is 7.29. The topological polar surface area (TPSA) is 51.2 Å². The Balaban J connectivity index is 1.78. The molecule has 0 aliphatic rings. The Morgan fingerprint density at radius 1 is 1.03 bits per heavy atom. The molecule has 6 heteroatoms. The fourth-order valence-corrected chi connectivity index (χ4v) is 3.39. The monoisotopic (exact) mass is 450 g/mol. The van der Waals surface area contributed by atoms with E-state index in [0.717, 1.165) is 11.3 Å². The Kier molecular flexibility index (Phi) is 5.27. The second-order valence-electron chi connectivity index (χ2n) is 6.38. The number of aromatic nitrogens is 1. The number of carbonyl (C=O) groups is 1. The number of benzene rings is 3. The first-order chi connectivity index (χ1) is 14.0. The highest BCUT2D eigenvalue weighted by atomic mass is 79.9. The Hall–Kier alpha value is -3.25. The van der Waals surface area contributed by atoms with E-state index >= 15 is 0 Å². The third-order valence-electron chi connectivity index (χ3n) is 4.53. The number of carbonyl (C=O) groups excluding carboxylic acids is 1. The molecule has 1 aromatic heterocycles. The van der Waals surface area contributed by atoms with E-state index in [0.29, 0.717) is 26.6 Å². The van der Waals surface area contributed by atoms with Gasteiger partial charge in [0.25, 0.3) is 5.91 Å². The summed E-state index contributed by atoms with van der Waals surface area (Å²) in [5.74, 6) is -0.181. The Morgan fingerprint density at radius 3 is 2.52 bits per heavy atom. The smallest absolute Gasteiger partial charge is 0.256 e. The zero-order valence-electron chi connectivity index (χ0n) is 15.4. The summed E-state index contributed by atoms with van der Waals surface area (Å²) in [5, 5.41) is 3.35. The molecule has 0 atom stereocenters. The lowest BCUT2D eigenvalue weighted by molar-refractivity contribution is 0.102. The molecule has 3 aromatic carbocycles. The van der Waals surface area contributed by atoms with Crippen molar-refractivity contribution in [3.8, 4) is 17.0 Å². The van der Waals surface area contributed by atoms with Crippen molar-refractivity contribution < 1.29 is 13.9 Å². The van der Waals surface area contributed by atoms with E-state index in [4.69, 9.17) is 4.74 Å². The van der Waals surface area contributed by atoms with Gasteiger partial charge < -0.3 is 10.1 Å².